The first-order valence-electron chi connectivity index (χ1n) is 7.17. The van der Waals surface area contributed by atoms with Crippen molar-refractivity contribution in [2.45, 2.75) is 25.7 Å². The van der Waals surface area contributed by atoms with E-state index in [9.17, 15) is 10.1 Å². The van der Waals surface area contributed by atoms with E-state index in [4.69, 9.17) is 4.74 Å². The highest BCUT2D eigenvalue weighted by atomic mass is 16.5. The van der Waals surface area contributed by atoms with Crippen LogP contribution in [0.5, 0.6) is 0 Å². The van der Waals surface area contributed by atoms with Crippen LogP contribution >= 0.6 is 0 Å². The Hall–Kier alpha value is -2.13. The highest BCUT2D eigenvalue weighted by Crippen LogP contribution is 2.24. The van der Waals surface area contributed by atoms with Crippen LogP contribution in [0, 0.1) is 11.3 Å². The lowest BCUT2D eigenvalue weighted by atomic mass is 9.95. The number of nitriles is 1. The number of methoxy groups -OCH3 is 1. The SMILES string of the molecule is COCCNC(=O)CNc1nc2c(cc1C#N)CCCC2. The molecule has 0 saturated carbocycles. The minimum Gasteiger partial charge on any atom is -0.383 e. The highest BCUT2D eigenvalue weighted by Gasteiger charge is 2.15. The number of pyridine rings is 1. The van der Waals surface area contributed by atoms with Crippen molar-refractivity contribution in [2.75, 3.05) is 32.1 Å². The zero-order valence-electron chi connectivity index (χ0n) is 12.2. The Kier molecular flexibility index (Phi) is 5.52. The summed E-state index contributed by atoms with van der Waals surface area (Å²) in [6, 6.07) is 4.04. The van der Waals surface area contributed by atoms with Gasteiger partial charge in [-0.05, 0) is 37.3 Å². The molecule has 6 nitrogen and oxygen atoms in total. The van der Waals surface area contributed by atoms with Crippen molar-refractivity contribution >= 4 is 11.7 Å². The number of rotatable bonds is 6. The number of anilines is 1. The van der Waals surface area contributed by atoms with Crippen molar-refractivity contribution in [3.8, 4) is 6.07 Å². The fraction of sp³-hybridized carbons (Fsp3) is 0.533. The molecule has 0 saturated heterocycles. The van der Waals surface area contributed by atoms with Gasteiger partial charge in [-0.2, -0.15) is 5.26 Å². The summed E-state index contributed by atoms with van der Waals surface area (Å²) in [6.45, 7) is 1.05. The second-order valence-corrected chi connectivity index (χ2v) is 5.01. The van der Waals surface area contributed by atoms with E-state index >= 15 is 0 Å². The molecule has 0 aromatic carbocycles. The summed E-state index contributed by atoms with van der Waals surface area (Å²) in [4.78, 5) is 16.2. The number of amides is 1. The van der Waals surface area contributed by atoms with E-state index in [2.05, 4.69) is 21.7 Å². The summed E-state index contributed by atoms with van der Waals surface area (Å²) in [5.74, 6) is 0.357. The molecule has 1 aromatic rings. The number of carbonyl (C=O) groups is 1. The Bertz CT molecular complexity index is 551. The zero-order valence-corrected chi connectivity index (χ0v) is 12.2. The maximum atomic E-state index is 11.6. The molecule has 2 N–H and O–H groups in total. The van der Waals surface area contributed by atoms with Crippen LogP contribution in [-0.4, -0.2) is 37.7 Å². The minimum absolute atomic E-state index is 0.101. The lowest BCUT2D eigenvalue weighted by Gasteiger charge is -2.17. The fourth-order valence-electron chi connectivity index (χ4n) is 2.37. The number of hydrogen-bond acceptors (Lipinski definition) is 5. The van der Waals surface area contributed by atoms with E-state index in [0.29, 0.717) is 24.5 Å². The van der Waals surface area contributed by atoms with Crippen LogP contribution in [0.3, 0.4) is 0 Å². The van der Waals surface area contributed by atoms with Crippen molar-refractivity contribution in [1.82, 2.24) is 10.3 Å². The molecule has 1 aliphatic rings. The average molecular weight is 288 g/mol. The number of carbonyl (C=O) groups excluding carboxylic acids is 1. The van der Waals surface area contributed by atoms with Crippen molar-refractivity contribution in [3.63, 3.8) is 0 Å². The molecular formula is C15H20N4O2. The van der Waals surface area contributed by atoms with Gasteiger partial charge in [-0.25, -0.2) is 4.98 Å². The smallest absolute Gasteiger partial charge is 0.239 e. The maximum absolute atomic E-state index is 11.6. The summed E-state index contributed by atoms with van der Waals surface area (Å²) in [5.41, 5.74) is 2.70. The Morgan fingerprint density at radius 2 is 2.29 bits per heavy atom. The molecule has 0 spiro atoms. The molecule has 1 amide bonds. The van der Waals surface area contributed by atoms with Crippen LogP contribution in [0.1, 0.15) is 29.7 Å². The van der Waals surface area contributed by atoms with E-state index in [1.54, 1.807) is 7.11 Å². The van der Waals surface area contributed by atoms with Gasteiger partial charge >= 0.3 is 0 Å². The number of aromatic nitrogens is 1. The van der Waals surface area contributed by atoms with Crippen LogP contribution in [0.4, 0.5) is 5.82 Å². The number of hydrogen-bond donors (Lipinski definition) is 2. The van der Waals surface area contributed by atoms with Crippen LogP contribution in [-0.2, 0) is 22.4 Å². The number of ether oxygens (including phenoxy) is 1. The molecule has 0 radical (unpaired) electrons. The predicted octanol–water partition coefficient (Wildman–Crippen LogP) is 1.01. The Labute approximate surface area is 124 Å². The Morgan fingerprint density at radius 1 is 1.48 bits per heavy atom. The topological polar surface area (TPSA) is 87.0 Å². The van der Waals surface area contributed by atoms with E-state index in [0.717, 1.165) is 36.9 Å². The van der Waals surface area contributed by atoms with Gasteiger partial charge in [0.1, 0.15) is 11.9 Å². The van der Waals surface area contributed by atoms with Gasteiger partial charge in [0.2, 0.25) is 5.91 Å². The summed E-state index contributed by atoms with van der Waals surface area (Å²) in [5, 5.41) is 14.9. The zero-order chi connectivity index (χ0) is 15.1. The molecule has 0 bridgehead atoms. The van der Waals surface area contributed by atoms with Gasteiger partial charge < -0.3 is 15.4 Å². The molecule has 0 atom stereocenters. The van der Waals surface area contributed by atoms with Crippen molar-refractivity contribution < 1.29 is 9.53 Å². The number of nitrogens with one attached hydrogen (secondary N) is 2. The van der Waals surface area contributed by atoms with Gasteiger partial charge in [-0.3, -0.25) is 4.79 Å². The predicted molar refractivity (Wildman–Crippen MR) is 79.0 cm³/mol. The standard InChI is InChI=1S/C15H20N4O2/c1-21-7-6-17-14(20)10-18-15-12(9-16)8-11-4-2-3-5-13(11)19-15/h8H,2-7,10H2,1H3,(H,17,20)(H,18,19). The number of nitrogens with zero attached hydrogens (tertiary/aromatic N) is 2. The normalized spacial score (nSPS) is 13.1. The third kappa shape index (κ3) is 4.17. The van der Waals surface area contributed by atoms with Gasteiger partial charge in [0.15, 0.2) is 0 Å². The second kappa shape index (κ2) is 7.60. The van der Waals surface area contributed by atoms with Crippen molar-refractivity contribution in [2.24, 2.45) is 0 Å². The molecule has 1 heterocycles. The number of fused-ring (bicyclic) bond motifs is 1. The van der Waals surface area contributed by atoms with Crippen LogP contribution in [0.25, 0.3) is 0 Å². The maximum Gasteiger partial charge on any atom is 0.239 e. The fourth-order valence-corrected chi connectivity index (χ4v) is 2.37. The van der Waals surface area contributed by atoms with Gasteiger partial charge in [-0.1, -0.05) is 0 Å². The van der Waals surface area contributed by atoms with Crippen LogP contribution in [0.2, 0.25) is 0 Å². The third-order valence-corrected chi connectivity index (χ3v) is 3.47. The van der Waals surface area contributed by atoms with Gasteiger partial charge in [-0.15, -0.1) is 0 Å². The molecule has 0 fully saturated rings. The number of aryl methyl sites for hydroxylation is 2. The lowest BCUT2D eigenvalue weighted by Crippen LogP contribution is -2.32. The van der Waals surface area contributed by atoms with Crippen LogP contribution in [0.15, 0.2) is 6.07 Å². The first-order chi connectivity index (χ1) is 10.2. The summed E-state index contributed by atoms with van der Waals surface area (Å²) in [7, 11) is 1.58. The van der Waals surface area contributed by atoms with E-state index < -0.39 is 0 Å². The third-order valence-electron chi connectivity index (χ3n) is 3.47. The Morgan fingerprint density at radius 3 is 3.05 bits per heavy atom. The summed E-state index contributed by atoms with van der Waals surface area (Å²) < 4.78 is 4.86. The minimum atomic E-state index is -0.143. The monoisotopic (exact) mass is 288 g/mol. The first kappa shape index (κ1) is 15.3. The summed E-state index contributed by atoms with van der Waals surface area (Å²) in [6.07, 6.45) is 4.20. The molecule has 1 aliphatic carbocycles. The molecule has 0 aliphatic heterocycles. The second-order valence-electron chi connectivity index (χ2n) is 5.01. The molecular weight excluding hydrogens is 268 g/mol. The van der Waals surface area contributed by atoms with Crippen molar-refractivity contribution in [1.29, 1.82) is 5.26 Å². The molecule has 0 unspecified atom stereocenters. The highest BCUT2D eigenvalue weighted by molar-refractivity contribution is 5.80. The molecule has 112 valence electrons. The van der Waals surface area contributed by atoms with Gasteiger partial charge in [0.25, 0.3) is 0 Å². The van der Waals surface area contributed by atoms with Crippen LogP contribution < -0.4 is 10.6 Å². The van der Waals surface area contributed by atoms with E-state index in [1.165, 1.54) is 0 Å². The average Bonchev–Trinajstić information content (AvgIpc) is 2.52. The molecule has 21 heavy (non-hydrogen) atoms. The van der Waals surface area contributed by atoms with E-state index in [-0.39, 0.29) is 12.5 Å². The van der Waals surface area contributed by atoms with Crippen molar-refractivity contribution in [3.05, 3.63) is 22.9 Å². The molecule has 6 heteroatoms. The first-order valence-corrected chi connectivity index (χ1v) is 7.17. The van der Waals surface area contributed by atoms with Gasteiger partial charge in [0.05, 0.1) is 18.7 Å². The quantitative estimate of drug-likeness (QED) is 0.763. The largest absolute Gasteiger partial charge is 0.383 e. The molecule has 2 rings (SSSR count). The summed E-state index contributed by atoms with van der Waals surface area (Å²) >= 11 is 0. The lowest BCUT2D eigenvalue weighted by molar-refractivity contribution is -0.119. The van der Waals surface area contributed by atoms with Gasteiger partial charge in [0, 0.05) is 19.3 Å². The Balaban J connectivity index is 1.99. The molecule has 1 aromatic heterocycles. The van der Waals surface area contributed by atoms with E-state index in [1.807, 2.05) is 6.07 Å².